The van der Waals surface area contributed by atoms with Crippen molar-refractivity contribution < 1.29 is 35.5 Å². The molecule has 0 atom stereocenters. The Morgan fingerprint density at radius 1 is 0.551 bits per heavy atom. The number of benzene rings is 4. The average Bonchev–Trinajstić information content (AvgIpc) is 3.75. The Balaban J connectivity index is 1.21. The van der Waals surface area contributed by atoms with E-state index in [1.165, 1.54) is 14.2 Å². The summed E-state index contributed by atoms with van der Waals surface area (Å²) in [5.74, 6) is -5.64. The van der Waals surface area contributed by atoms with E-state index in [0.717, 1.165) is 24.3 Å². The molecule has 0 saturated carbocycles. The maximum atomic E-state index is 15.4. The molecular formula is C38H28Cl2F4O4S. The van der Waals surface area contributed by atoms with Gasteiger partial charge in [-0.15, -0.1) is 0 Å². The number of rotatable bonds is 10. The van der Waals surface area contributed by atoms with Crippen LogP contribution in [0.15, 0.2) is 85.0 Å². The van der Waals surface area contributed by atoms with Gasteiger partial charge in [0.25, 0.3) is 0 Å². The largest absolute Gasteiger partial charge is 0.495 e. The number of ether oxygens (including phenoxy) is 2. The molecule has 0 aliphatic heterocycles. The fraction of sp³-hybridized carbons (Fsp3) is 0.158. The molecule has 0 unspecified atom stereocenters. The van der Waals surface area contributed by atoms with E-state index in [9.17, 15) is 8.42 Å². The summed E-state index contributed by atoms with van der Waals surface area (Å²) in [6, 6.07) is 14.5. The zero-order valence-electron chi connectivity index (χ0n) is 26.2. The number of halogens is 6. The maximum absolute atomic E-state index is 15.4. The van der Waals surface area contributed by atoms with Gasteiger partial charge >= 0.3 is 0 Å². The first-order chi connectivity index (χ1) is 23.4. The van der Waals surface area contributed by atoms with E-state index in [1.807, 2.05) is 12.2 Å². The third-order valence-electron chi connectivity index (χ3n) is 8.43. The van der Waals surface area contributed by atoms with E-state index in [1.54, 1.807) is 48.6 Å². The van der Waals surface area contributed by atoms with Crippen molar-refractivity contribution >= 4 is 55.3 Å². The highest BCUT2D eigenvalue weighted by molar-refractivity contribution is 7.89. The molecule has 49 heavy (non-hydrogen) atoms. The summed E-state index contributed by atoms with van der Waals surface area (Å²) in [6.07, 6.45) is 8.36. The second-order valence-corrected chi connectivity index (χ2v) is 14.4. The van der Waals surface area contributed by atoms with Crippen molar-refractivity contribution in [3.8, 4) is 11.5 Å². The van der Waals surface area contributed by atoms with Crippen LogP contribution in [0.1, 0.15) is 46.2 Å². The van der Waals surface area contributed by atoms with E-state index < -0.39 is 55.7 Å². The van der Waals surface area contributed by atoms with Crippen molar-refractivity contribution in [3.63, 3.8) is 0 Å². The molecule has 2 aliphatic rings. The second-order valence-electron chi connectivity index (χ2n) is 11.5. The first kappa shape index (κ1) is 34.5. The third-order valence-corrected chi connectivity index (χ3v) is 10.5. The molecule has 6 rings (SSSR count). The van der Waals surface area contributed by atoms with Gasteiger partial charge in [-0.3, -0.25) is 0 Å². The normalized spacial score (nSPS) is 14.4. The summed E-state index contributed by atoms with van der Waals surface area (Å²) in [7, 11) is -1.46. The lowest BCUT2D eigenvalue weighted by Crippen LogP contribution is -2.13. The molecule has 4 nitrogen and oxygen atoms in total. The van der Waals surface area contributed by atoms with Crippen molar-refractivity contribution in [3.05, 3.63) is 152 Å². The summed E-state index contributed by atoms with van der Waals surface area (Å²) >= 11 is 12.6. The summed E-state index contributed by atoms with van der Waals surface area (Å²) < 4.78 is 98.3. The fourth-order valence-electron chi connectivity index (χ4n) is 6.07. The Kier molecular flexibility index (Phi) is 9.80. The number of sulfone groups is 1. The van der Waals surface area contributed by atoms with Crippen LogP contribution in [0.2, 0.25) is 10.0 Å². The van der Waals surface area contributed by atoms with Crippen molar-refractivity contribution in [2.75, 3.05) is 14.2 Å². The van der Waals surface area contributed by atoms with Crippen LogP contribution >= 0.6 is 23.2 Å². The third kappa shape index (κ3) is 7.06. The minimum absolute atomic E-state index is 0.200. The Hall–Kier alpha value is -4.31. The highest BCUT2D eigenvalue weighted by Crippen LogP contribution is 2.41. The van der Waals surface area contributed by atoms with E-state index in [4.69, 9.17) is 32.7 Å². The minimum Gasteiger partial charge on any atom is -0.495 e. The van der Waals surface area contributed by atoms with Crippen LogP contribution in [0.3, 0.4) is 0 Å². The molecule has 0 aromatic heterocycles. The summed E-state index contributed by atoms with van der Waals surface area (Å²) in [6.45, 7) is 0. The number of hydrogen-bond acceptors (Lipinski definition) is 4. The summed E-state index contributed by atoms with van der Waals surface area (Å²) in [5, 5.41) is 0.729. The van der Waals surface area contributed by atoms with Crippen LogP contribution in [0.5, 0.6) is 11.5 Å². The molecule has 4 aromatic rings. The van der Waals surface area contributed by atoms with Crippen LogP contribution in [-0.2, 0) is 21.3 Å². The SMILES string of the molecule is COc1ccc(C2=CCC=C2c2cc(F)c(CS(=O)(=O)Cc3c(F)cc(C4=CCC=C4c4ccc(OC)c(Cl)c4)cc3F)c(F)c2)cc1Cl. The molecule has 11 heteroatoms. The van der Waals surface area contributed by atoms with Gasteiger partial charge in [0.15, 0.2) is 9.84 Å². The Bertz CT molecular complexity index is 2040. The lowest BCUT2D eigenvalue weighted by Gasteiger charge is -2.15. The zero-order valence-corrected chi connectivity index (χ0v) is 28.5. The van der Waals surface area contributed by atoms with Crippen LogP contribution < -0.4 is 9.47 Å². The van der Waals surface area contributed by atoms with Crippen molar-refractivity contribution in [2.24, 2.45) is 0 Å². The van der Waals surface area contributed by atoms with E-state index in [-0.39, 0.29) is 11.1 Å². The van der Waals surface area contributed by atoms with E-state index in [2.05, 4.69) is 0 Å². The number of hydrogen-bond donors (Lipinski definition) is 0. The quantitative estimate of drug-likeness (QED) is 0.153. The first-order valence-corrected chi connectivity index (χ1v) is 17.6. The van der Waals surface area contributed by atoms with Gasteiger partial charge < -0.3 is 9.47 Å². The molecular weight excluding hydrogens is 699 g/mol. The highest BCUT2D eigenvalue weighted by atomic mass is 35.5. The molecule has 0 N–H and O–H groups in total. The van der Waals surface area contributed by atoms with Crippen molar-refractivity contribution in [2.45, 2.75) is 24.3 Å². The zero-order chi connectivity index (χ0) is 35.0. The van der Waals surface area contributed by atoms with E-state index in [0.29, 0.717) is 67.8 Å². The lowest BCUT2D eigenvalue weighted by atomic mass is 9.94. The Morgan fingerprint density at radius 2 is 0.878 bits per heavy atom. The minimum atomic E-state index is -4.44. The van der Waals surface area contributed by atoms with Crippen LogP contribution in [0, 0.1) is 23.3 Å². The smallest absolute Gasteiger partial charge is 0.159 e. The van der Waals surface area contributed by atoms with Crippen LogP contribution in [0.25, 0.3) is 22.3 Å². The van der Waals surface area contributed by atoms with Gasteiger partial charge in [-0.25, -0.2) is 26.0 Å². The lowest BCUT2D eigenvalue weighted by molar-refractivity contribution is 0.415. The van der Waals surface area contributed by atoms with Gasteiger partial charge in [0, 0.05) is 11.1 Å². The topological polar surface area (TPSA) is 52.6 Å². The second kappa shape index (κ2) is 13.9. The molecule has 0 amide bonds. The van der Waals surface area contributed by atoms with Crippen molar-refractivity contribution in [1.29, 1.82) is 0 Å². The maximum Gasteiger partial charge on any atom is 0.159 e. The summed E-state index contributed by atoms with van der Waals surface area (Å²) in [4.78, 5) is 0. The predicted molar refractivity (Wildman–Crippen MR) is 186 cm³/mol. The average molecular weight is 728 g/mol. The van der Waals surface area contributed by atoms with Gasteiger partial charge in [0.2, 0.25) is 0 Å². The van der Waals surface area contributed by atoms with Crippen LogP contribution in [-0.4, -0.2) is 22.6 Å². The molecule has 252 valence electrons. The molecule has 4 aromatic carbocycles. The molecule has 0 saturated heterocycles. The van der Waals surface area contributed by atoms with Gasteiger partial charge in [-0.1, -0.05) is 59.6 Å². The van der Waals surface area contributed by atoms with E-state index >= 15 is 17.6 Å². The monoisotopic (exact) mass is 726 g/mol. The van der Waals surface area contributed by atoms with Gasteiger partial charge in [0.1, 0.15) is 34.8 Å². The fourth-order valence-corrected chi connectivity index (χ4v) is 8.12. The molecule has 0 bridgehead atoms. The predicted octanol–water partition coefficient (Wildman–Crippen LogP) is 10.4. The molecule has 0 spiro atoms. The van der Waals surface area contributed by atoms with Gasteiger partial charge in [-0.05, 0) is 106 Å². The standard InChI is InChI=1S/C38H28Cl2F4O4S/c1-47-37-11-9-21(13-31(37)39)25-5-3-7-27(25)23-15-33(41)29(34(42)16-23)19-49(45,46)20-30-35(43)17-24(18-36(30)44)28-8-4-6-26(28)22-10-12-38(48-2)32(40)14-22/h5-18H,3-4,19-20H2,1-2H3. The van der Waals surface area contributed by atoms with Crippen molar-refractivity contribution in [1.82, 2.24) is 0 Å². The Morgan fingerprint density at radius 3 is 1.18 bits per heavy atom. The molecule has 0 radical (unpaired) electrons. The highest BCUT2D eigenvalue weighted by Gasteiger charge is 2.26. The van der Waals surface area contributed by atoms with Gasteiger partial charge in [0.05, 0.1) is 35.8 Å². The molecule has 0 fully saturated rings. The van der Waals surface area contributed by atoms with Gasteiger partial charge in [-0.2, -0.15) is 0 Å². The summed E-state index contributed by atoms with van der Waals surface area (Å²) in [5.41, 5.74) is 2.85. The number of allylic oxidation sites excluding steroid dienone is 8. The first-order valence-electron chi connectivity index (χ1n) is 15.0. The molecule has 0 heterocycles. The Labute approximate surface area is 291 Å². The molecule has 2 aliphatic carbocycles. The number of methoxy groups -OCH3 is 2. The van der Waals surface area contributed by atoms with Crippen LogP contribution in [0.4, 0.5) is 17.6 Å².